The maximum Gasteiger partial charge on any atom is 0.0896 e. The summed E-state index contributed by atoms with van der Waals surface area (Å²) in [6.07, 6.45) is 3.29. The monoisotopic (exact) mass is 284 g/mol. The average molecular weight is 284 g/mol. The van der Waals surface area contributed by atoms with E-state index in [0.29, 0.717) is 39.3 Å². The minimum Gasteiger partial charge on any atom is -0.330 e. The van der Waals surface area contributed by atoms with Crippen LogP contribution in [0.25, 0.3) is 20.9 Å². The van der Waals surface area contributed by atoms with Crippen molar-refractivity contribution in [3.8, 4) is 0 Å². The molecule has 0 aliphatic rings. The molecule has 10 heteroatoms. The zero-order chi connectivity index (χ0) is 15.1. The molecule has 4 N–H and O–H groups in total. The van der Waals surface area contributed by atoms with Gasteiger partial charge in [0.25, 0.3) is 0 Å². The lowest BCUT2D eigenvalue weighted by atomic mass is 10.3. The molecule has 0 aliphatic heterocycles. The lowest BCUT2D eigenvalue weighted by molar-refractivity contribution is 0.245. The van der Waals surface area contributed by atoms with Crippen molar-refractivity contribution in [2.45, 2.75) is 25.7 Å². The molecule has 20 heavy (non-hydrogen) atoms. The summed E-state index contributed by atoms with van der Waals surface area (Å²) in [5, 5.41) is 10.6. The topological polar surface area (TPSA) is 156 Å². The van der Waals surface area contributed by atoms with Crippen molar-refractivity contribution in [1.29, 1.82) is 0 Å². The van der Waals surface area contributed by atoms with E-state index in [1.165, 1.54) is 0 Å². The Morgan fingerprint density at radius 3 is 1.35 bits per heavy atom. The summed E-state index contributed by atoms with van der Waals surface area (Å²) in [5.74, 6) is 0. The summed E-state index contributed by atoms with van der Waals surface area (Å²) in [7, 11) is 0. The Morgan fingerprint density at radius 1 is 0.700 bits per heavy atom. The first-order valence-electron chi connectivity index (χ1n) is 6.78. The van der Waals surface area contributed by atoms with Gasteiger partial charge in [0.1, 0.15) is 0 Å². The number of nitrogens with two attached hydrogens (primary N) is 2. The van der Waals surface area contributed by atoms with Crippen molar-refractivity contribution in [3.05, 3.63) is 20.9 Å². The van der Waals surface area contributed by atoms with E-state index in [4.69, 9.17) is 22.5 Å². The standard InChI is InChI=1S/C10H24N10/c11-5-3-9-19(17-15-13)7-1-2-8-20(18-16-14)10-4-6-12/h1-12H2. The van der Waals surface area contributed by atoms with Gasteiger partial charge in [-0.15, -0.1) is 11.1 Å². The molecule has 10 nitrogen and oxygen atoms in total. The number of nitrogens with zero attached hydrogens (tertiary/aromatic N) is 8. The molecule has 0 spiro atoms. The minimum atomic E-state index is 0.571. The van der Waals surface area contributed by atoms with E-state index in [1.807, 2.05) is 0 Å². The molecule has 0 bridgehead atoms. The second kappa shape index (κ2) is 13.6. The van der Waals surface area contributed by atoms with E-state index in [2.05, 4.69) is 20.3 Å². The van der Waals surface area contributed by atoms with Gasteiger partial charge in [0.2, 0.25) is 0 Å². The van der Waals surface area contributed by atoms with Gasteiger partial charge in [-0.2, -0.15) is 9.82 Å². The van der Waals surface area contributed by atoms with Crippen molar-refractivity contribution < 1.29 is 0 Å². The second-order valence-corrected chi connectivity index (χ2v) is 4.26. The van der Waals surface area contributed by atoms with Crippen LogP contribution < -0.4 is 11.5 Å². The third kappa shape index (κ3) is 10.1. The van der Waals surface area contributed by atoms with E-state index in [-0.39, 0.29) is 0 Å². The zero-order valence-corrected chi connectivity index (χ0v) is 11.8. The first-order chi connectivity index (χ1) is 9.78. The molecule has 0 radical (unpaired) electrons. The van der Waals surface area contributed by atoms with Crippen molar-refractivity contribution in [2.75, 3.05) is 39.3 Å². The van der Waals surface area contributed by atoms with Gasteiger partial charge >= 0.3 is 0 Å². The van der Waals surface area contributed by atoms with Crippen LogP contribution in [0.5, 0.6) is 0 Å². The summed E-state index contributed by atoms with van der Waals surface area (Å²) in [6.45, 7) is 3.81. The molecule has 0 rings (SSSR count). The van der Waals surface area contributed by atoms with Gasteiger partial charge < -0.3 is 11.5 Å². The third-order valence-corrected chi connectivity index (χ3v) is 2.66. The molecule has 114 valence electrons. The number of unbranched alkanes of at least 4 members (excludes halogenated alkanes) is 1. The summed E-state index contributed by atoms with van der Waals surface area (Å²) in [5.41, 5.74) is 27.8. The molecule has 0 aromatic rings. The Morgan fingerprint density at radius 2 is 1.05 bits per heavy atom. The summed E-state index contributed by atoms with van der Waals surface area (Å²) in [6, 6.07) is 0. The maximum absolute atomic E-state index is 8.46. The van der Waals surface area contributed by atoms with Crippen LogP contribution in [0.3, 0.4) is 0 Å². The Labute approximate surface area is 118 Å². The Balaban J connectivity index is 3.93. The van der Waals surface area contributed by atoms with Gasteiger partial charge in [-0.1, -0.05) is 0 Å². The third-order valence-electron chi connectivity index (χ3n) is 2.66. The van der Waals surface area contributed by atoms with Gasteiger partial charge in [-0.25, -0.2) is 10.0 Å². The lowest BCUT2D eigenvalue weighted by Crippen LogP contribution is -2.24. The lowest BCUT2D eigenvalue weighted by Gasteiger charge is -2.15. The van der Waals surface area contributed by atoms with Crippen molar-refractivity contribution >= 4 is 0 Å². The number of hydrogen-bond donors (Lipinski definition) is 2. The fourth-order valence-electron chi connectivity index (χ4n) is 1.65. The normalized spacial score (nSPS) is 9.50. The van der Waals surface area contributed by atoms with E-state index >= 15 is 0 Å². The van der Waals surface area contributed by atoms with Crippen molar-refractivity contribution in [1.82, 2.24) is 10.0 Å². The molecule has 0 unspecified atom stereocenters. The van der Waals surface area contributed by atoms with Crippen LogP contribution in [0.4, 0.5) is 0 Å². The van der Waals surface area contributed by atoms with Crippen molar-refractivity contribution in [3.63, 3.8) is 0 Å². The van der Waals surface area contributed by atoms with Gasteiger partial charge in [-0.3, -0.25) is 0 Å². The summed E-state index contributed by atoms with van der Waals surface area (Å²) >= 11 is 0. The van der Waals surface area contributed by atoms with Gasteiger partial charge in [0.15, 0.2) is 0 Å². The molecule has 0 heterocycles. The Bertz CT molecular complexity index is 288. The minimum absolute atomic E-state index is 0.571. The Kier molecular flexibility index (Phi) is 12.3. The largest absolute Gasteiger partial charge is 0.330 e. The fourth-order valence-corrected chi connectivity index (χ4v) is 1.65. The van der Waals surface area contributed by atoms with Crippen LogP contribution >= 0.6 is 0 Å². The first-order valence-corrected chi connectivity index (χ1v) is 6.78. The molecule has 0 aromatic heterocycles. The molecule has 0 fully saturated rings. The van der Waals surface area contributed by atoms with Gasteiger partial charge in [0.05, 0.1) is 26.2 Å². The van der Waals surface area contributed by atoms with Crippen LogP contribution in [0, 0.1) is 0 Å². The highest BCUT2D eigenvalue weighted by Crippen LogP contribution is 2.02. The van der Waals surface area contributed by atoms with Crippen LogP contribution in [-0.2, 0) is 0 Å². The van der Waals surface area contributed by atoms with E-state index in [0.717, 1.165) is 25.7 Å². The molecule has 0 atom stereocenters. The van der Waals surface area contributed by atoms with Crippen LogP contribution in [0.15, 0.2) is 10.4 Å². The van der Waals surface area contributed by atoms with Crippen LogP contribution in [0.2, 0.25) is 0 Å². The molecule has 0 saturated carbocycles. The molecule has 0 aliphatic carbocycles. The number of hydrogen-bond acceptors (Lipinski definition) is 4. The fraction of sp³-hybridized carbons (Fsp3) is 1.00. The smallest absolute Gasteiger partial charge is 0.0896 e. The van der Waals surface area contributed by atoms with E-state index < -0.39 is 0 Å². The first kappa shape index (κ1) is 18.1. The van der Waals surface area contributed by atoms with E-state index in [9.17, 15) is 0 Å². The van der Waals surface area contributed by atoms with Crippen LogP contribution in [-0.4, -0.2) is 49.3 Å². The molecule has 0 amide bonds. The van der Waals surface area contributed by atoms with E-state index in [1.54, 1.807) is 10.0 Å². The average Bonchev–Trinajstić information content (AvgIpc) is 2.46. The SMILES string of the molecule is [N-]=[N+]=NN(CCCN)CCCCN(CCCN)N=[N+]=[N-]. The highest BCUT2D eigenvalue weighted by Gasteiger charge is 2.07. The summed E-state index contributed by atoms with van der Waals surface area (Å²) < 4.78 is 0. The summed E-state index contributed by atoms with van der Waals surface area (Å²) in [4.78, 5) is 5.58. The zero-order valence-electron chi connectivity index (χ0n) is 11.8. The molecular weight excluding hydrogens is 260 g/mol. The highest BCUT2D eigenvalue weighted by molar-refractivity contribution is 4.58. The van der Waals surface area contributed by atoms with Gasteiger partial charge in [-0.05, 0) is 49.2 Å². The molecule has 0 saturated heterocycles. The molecule has 0 aromatic carbocycles. The van der Waals surface area contributed by atoms with Gasteiger partial charge in [0, 0.05) is 0 Å². The quantitative estimate of drug-likeness (QED) is 0.173. The number of rotatable bonds is 13. The molecular formula is C10H24N10. The second-order valence-electron chi connectivity index (χ2n) is 4.26. The van der Waals surface area contributed by atoms with Crippen molar-refractivity contribution in [2.24, 2.45) is 21.9 Å². The number of azide groups is 2. The maximum atomic E-state index is 8.46. The highest BCUT2D eigenvalue weighted by atomic mass is 15.5. The predicted octanol–water partition coefficient (Wildman–Crippen LogP) is 1.52. The predicted molar refractivity (Wildman–Crippen MR) is 78.0 cm³/mol. The van der Waals surface area contributed by atoms with Crippen LogP contribution in [0.1, 0.15) is 25.7 Å². The Hall–Kier alpha value is -1.86.